The molecule has 4 nitrogen and oxygen atoms in total. The third-order valence-corrected chi connectivity index (χ3v) is 1.68. The van der Waals surface area contributed by atoms with Gasteiger partial charge >= 0.3 is 11.9 Å². The van der Waals surface area contributed by atoms with E-state index in [9.17, 15) is 14.0 Å². The Morgan fingerprint density at radius 1 is 1.57 bits per heavy atom. The monoisotopic (exact) mass is 202 g/mol. The zero-order chi connectivity index (χ0) is 10.6. The molecule has 0 radical (unpaired) electrons. The molecule has 1 fully saturated rings. The number of hydrogen-bond acceptors (Lipinski definition) is 4. The van der Waals surface area contributed by atoms with E-state index in [1.54, 1.807) is 6.92 Å². The largest absolute Gasteiger partial charge is 0.463 e. The fourth-order valence-electron chi connectivity index (χ4n) is 0.820. The van der Waals surface area contributed by atoms with E-state index in [0.29, 0.717) is 0 Å². The van der Waals surface area contributed by atoms with E-state index in [1.165, 1.54) is 0 Å². The molecule has 0 saturated heterocycles. The minimum absolute atomic E-state index is 0.0504. The molecule has 78 valence electrons. The molecule has 1 rings (SSSR count). The van der Waals surface area contributed by atoms with Crippen LogP contribution in [0.4, 0.5) is 4.39 Å². The lowest BCUT2D eigenvalue weighted by Crippen LogP contribution is -2.10. The Balaban J connectivity index is 2.58. The van der Waals surface area contributed by atoms with Gasteiger partial charge in [0.2, 0.25) is 5.83 Å². The fraction of sp³-hybridized carbons (Fsp3) is 0.556. The van der Waals surface area contributed by atoms with E-state index in [2.05, 4.69) is 9.47 Å². The lowest BCUT2D eigenvalue weighted by molar-refractivity contribution is -0.147. The molecule has 0 spiro atoms. The van der Waals surface area contributed by atoms with Crippen LogP contribution in [-0.4, -0.2) is 18.9 Å². The molecule has 0 aromatic rings. The number of aldehydes is 1. The molecule has 1 aliphatic rings. The highest BCUT2D eigenvalue weighted by Crippen LogP contribution is 2.31. The average Bonchev–Trinajstić information content (AvgIpc) is 2.99. The number of hydrogen-bond donors (Lipinski definition) is 0. The first-order valence-electron chi connectivity index (χ1n) is 4.38. The van der Waals surface area contributed by atoms with E-state index in [1.807, 2.05) is 0 Å². The first-order chi connectivity index (χ1) is 6.69. The Hall–Kier alpha value is -1.39. The summed E-state index contributed by atoms with van der Waals surface area (Å²) in [5.41, 5.74) is 0. The molecule has 0 unspecified atom stereocenters. The number of carbonyl (C=O) groups is 2. The number of carbonyl (C=O) groups excluding carboxylic acids is 2. The zero-order valence-electron chi connectivity index (χ0n) is 7.79. The minimum Gasteiger partial charge on any atom is -0.463 e. The van der Waals surface area contributed by atoms with Crippen LogP contribution in [0.25, 0.3) is 0 Å². The highest BCUT2D eigenvalue weighted by molar-refractivity contribution is 5.77. The van der Waals surface area contributed by atoms with E-state index < -0.39 is 17.7 Å². The van der Waals surface area contributed by atoms with Crippen molar-refractivity contribution in [3.8, 4) is 0 Å². The maximum atomic E-state index is 12.7. The lowest BCUT2D eigenvalue weighted by Gasteiger charge is -2.07. The van der Waals surface area contributed by atoms with E-state index >= 15 is 0 Å². The van der Waals surface area contributed by atoms with Gasteiger partial charge in [0, 0.05) is 0 Å². The summed E-state index contributed by atoms with van der Waals surface area (Å²) in [5.74, 6) is -2.52. The third kappa shape index (κ3) is 2.83. The number of rotatable bonds is 5. The maximum absolute atomic E-state index is 12.7. The van der Waals surface area contributed by atoms with Gasteiger partial charge in [0.05, 0.1) is 12.5 Å². The van der Waals surface area contributed by atoms with Crippen molar-refractivity contribution in [1.29, 1.82) is 0 Å². The number of allylic oxidation sites excluding steroid dienone is 1. The Labute approximate surface area is 80.7 Å². The summed E-state index contributed by atoms with van der Waals surface area (Å²) in [6, 6.07) is 0. The van der Waals surface area contributed by atoms with Crippen molar-refractivity contribution in [1.82, 2.24) is 0 Å². The van der Waals surface area contributed by atoms with Gasteiger partial charge in [0.25, 0.3) is 0 Å². The van der Waals surface area contributed by atoms with Gasteiger partial charge in [-0.15, -0.1) is 0 Å². The van der Waals surface area contributed by atoms with Crippen LogP contribution in [0.3, 0.4) is 0 Å². The average molecular weight is 202 g/mol. The Bertz CT molecular complexity index is 268. The Kier molecular flexibility index (Phi) is 3.62. The molecule has 0 bridgehead atoms. The second-order valence-electron chi connectivity index (χ2n) is 2.88. The Morgan fingerprint density at radius 2 is 2.21 bits per heavy atom. The maximum Gasteiger partial charge on any atom is 0.328 e. The van der Waals surface area contributed by atoms with E-state index in [4.69, 9.17) is 0 Å². The van der Waals surface area contributed by atoms with Crippen LogP contribution in [0.1, 0.15) is 19.8 Å². The van der Waals surface area contributed by atoms with Gasteiger partial charge in [0.1, 0.15) is 0 Å². The van der Waals surface area contributed by atoms with Crippen molar-refractivity contribution in [3.63, 3.8) is 0 Å². The highest BCUT2D eigenvalue weighted by atomic mass is 19.1. The van der Waals surface area contributed by atoms with E-state index in [0.717, 1.165) is 12.8 Å². The molecule has 0 amide bonds. The standard InChI is InChI=1S/C9H11FO4/c1-2-13-9(7(10)5-11)14-8(12)6-3-4-6/h5-6H,2-4H2,1H3. The predicted octanol–water partition coefficient (Wildman–Crippen LogP) is 1.31. The molecule has 1 saturated carbocycles. The summed E-state index contributed by atoms with van der Waals surface area (Å²) in [6.07, 6.45) is 1.45. The van der Waals surface area contributed by atoms with Gasteiger partial charge in [-0.3, -0.25) is 9.59 Å². The van der Waals surface area contributed by atoms with Crippen LogP contribution in [0.5, 0.6) is 0 Å². The second kappa shape index (κ2) is 4.74. The van der Waals surface area contributed by atoms with Crippen molar-refractivity contribution in [2.75, 3.05) is 6.61 Å². The molecular weight excluding hydrogens is 191 g/mol. The SMILES string of the molecule is CCOC(OC(=O)C1CC1)=C(F)C=O. The summed E-state index contributed by atoms with van der Waals surface area (Å²) in [5, 5.41) is 0. The number of halogens is 1. The molecule has 14 heavy (non-hydrogen) atoms. The first-order valence-corrected chi connectivity index (χ1v) is 4.38. The Morgan fingerprint density at radius 3 is 2.64 bits per heavy atom. The second-order valence-corrected chi connectivity index (χ2v) is 2.88. The van der Waals surface area contributed by atoms with Gasteiger partial charge in [-0.05, 0) is 19.8 Å². The van der Waals surface area contributed by atoms with Crippen molar-refractivity contribution in [3.05, 3.63) is 11.8 Å². The molecule has 0 aromatic carbocycles. The van der Waals surface area contributed by atoms with Crippen molar-refractivity contribution in [2.45, 2.75) is 19.8 Å². The summed E-state index contributed by atoms with van der Waals surface area (Å²) in [4.78, 5) is 21.2. The molecule has 5 heteroatoms. The summed E-state index contributed by atoms with van der Waals surface area (Å²) in [7, 11) is 0. The number of esters is 1. The zero-order valence-corrected chi connectivity index (χ0v) is 7.79. The van der Waals surface area contributed by atoms with Gasteiger partial charge in [-0.1, -0.05) is 0 Å². The fourth-order valence-corrected chi connectivity index (χ4v) is 0.820. The number of ether oxygens (including phenoxy) is 2. The topological polar surface area (TPSA) is 52.6 Å². The van der Waals surface area contributed by atoms with Gasteiger partial charge in [-0.25, -0.2) is 0 Å². The highest BCUT2D eigenvalue weighted by Gasteiger charge is 2.33. The summed E-state index contributed by atoms with van der Waals surface area (Å²) in [6.45, 7) is 1.73. The lowest BCUT2D eigenvalue weighted by atomic mass is 10.4. The van der Waals surface area contributed by atoms with Crippen LogP contribution < -0.4 is 0 Å². The minimum atomic E-state index is -1.19. The summed E-state index contributed by atoms with van der Waals surface area (Å²) >= 11 is 0. The molecule has 0 atom stereocenters. The molecule has 0 N–H and O–H groups in total. The molecule has 0 heterocycles. The van der Waals surface area contributed by atoms with Crippen molar-refractivity contribution < 1.29 is 23.5 Å². The third-order valence-electron chi connectivity index (χ3n) is 1.68. The molecular formula is C9H11FO4. The van der Waals surface area contributed by atoms with E-state index in [-0.39, 0.29) is 18.8 Å². The van der Waals surface area contributed by atoms with Crippen LogP contribution in [0.2, 0.25) is 0 Å². The predicted molar refractivity (Wildman–Crippen MR) is 44.6 cm³/mol. The summed E-state index contributed by atoms with van der Waals surface area (Å²) < 4.78 is 22.0. The quantitative estimate of drug-likeness (QED) is 0.292. The van der Waals surface area contributed by atoms with Gasteiger partial charge in [0.15, 0.2) is 6.29 Å². The first kappa shape index (κ1) is 10.7. The molecule has 1 aliphatic carbocycles. The van der Waals surface area contributed by atoms with Crippen LogP contribution in [0.15, 0.2) is 11.8 Å². The smallest absolute Gasteiger partial charge is 0.328 e. The van der Waals surface area contributed by atoms with Gasteiger partial charge < -0.3 is 9.47 Å². The van der Waals surface area contributed by atoms with Gasteiger partial charge in [-0.2, -0.15) is 4.39 Å². The van der Waals surface area contributed by atoms with Crippen molar-refractivity contribution >= 4 is 12.3 Å². The van der Waals surface area contributed by atoms with Crippen LogP contribution >= 0.6 is 0 Å². The van der Waals surface area contributed by atoms with Crippen LogP contribution in [-0.2, 0) is 19.1 Å². The van der Waals surface area contributed by atoms with Crippen LogP contribution in [0, 0.1) is 5.92 Å². The molecule has 0 aliphatic heterocycles. The molecule has 0 aromatic heterocycles. The van der Waals surface area contributed by atoms with Crippen molar-refractivity contribution in [2.24, 2.45) is 5.92 Å². The normalized spacial score (nSPS) is 17.0.